The molecule has 0 amide bonds. The van der Waals surface area contributed by atoms with Crippen molar-refractivity contribution in [2.24, 2.45) is 17.4 Å². The second-order valence-electron chi connectivity index (χ2n) is 3.19. The summed E-state index contributed by atoms with van der Waals surface area (Å²) in [6.45, 7) is 4.16. The Balaban J connectivity index is 2.94. The molecule has 1 rings (SSSR count). The molecule has 0 aliphatic heterocycles. The van der Waals surface area contributed by atoms with Gasteiger partial charge in [-0.05, 0) is 18.4 Å². The summed E-state index contributed by atoms with van der Waals surface area (Å²) in [5.41, 5.74) is 12.4. The average Bonchev–Trinajstić information content (AvgIpc) is 2.00. The van der Waals surface area contributed by atoms with Crippen molar-refractivity contribution >= 4 is 0 Å². The second kappa shape index (κ2) is 2.70. The third-order valence-electron chi connectivity index (χ3n) is 2.61. The van der Waals surface area contributed by atoms with Gasteiger partial charge in [-0.3, -0.25) is 0 Å². The van der Waals surface area contributed by atoms with Gasteiger partial charge in [0.2, 0.25) is 0 Å². The van der Waals surface area contributed by atoms with Gasteiger partial charge >= 0.3 is 0 Å². The third-order valence-corrected chi connectivity index (χ3v) is 2.61. The van der Waals surface area contributed by atoms with E-state index in [1.807, 2.05) is 12.2 Å². The Morgan fingerprint density at radius 1 is 1.64 bits per heavy atom. The van der Waals surface area contributed by atoms with Crippen LogP contribution < -0.4 is 11.5 Å². The minimum atomic E-state index is -0.311. The van der Waals surface area contributed by atoms with Crippen molar-refractivity contribution in [1.82, 2.24) is 0 Å². The van der Waals surface area contributed by atoms with Crippen LogP contribution in [-0.4, -0.2) is 5.54 Å². The van der Waals surface area contributed by atoms with Gasteiger partial charge in [-0.25, -0.2) is 0 Å². The zero-order valence-corrected chi connectivity index (χ0v) is 7.17. The van der Waals surface area contributed by atoms with E-state index in [-0.39, 0.29) is 5.54 Å². The van der Waals surface area contributed by atoms with E-state index in [1.165, 1.54) is 0 Å². The normalized spacial score (nSPS) is 37.0. The molecule has 11 heavy (non-hydrogen) atoms. The molecule has 2 nitrogen and oxygen atoms in total. The Bertz CT molecular complexity index is 206. The summed E-state index contributed by atoms with van der Waals surface area (Å²) in [6, 6.07) is 0. The molecule has 2 unspecified atom stereocenters. The fourth-order valence-corrected chi connectivity index (χ4v) is 1.44. The number of hydrogen-bond donors (Lipinski definition) is 2. The van der Waals surface area contributed by atoms with Crippen LogP contribution in [0.3, 0.4) is 0 Å². The summed E-state index contributed by atoms with van der Waals surface area (Å²) < 4.78 is 0. The molecule has 0 aromatic carbocycles. The van der Waals surface area contributed by atoms with Crippen molar-refractivity contribution in [2.75, 3.05) is 0 Å². The number of hydrogen-bond acceptors (Lipinski definition) is 2. The van der Waals surface area contributed by atoms with Crippen molar-refractivity contribution < 1.29 is 0 Å². The van der Waals surface area contributed by atoms with Gasteiger partial charge in [0.05, 0.1) is 5.54 Å². The lowest BCUT2D eigenvalue weighted by molar-refractivity contribution is 0.376. The van der Waals surface area contributed by atoms with Gasteiger partial charge in [-0.1, -0.05) is 26.0 Å². The van der Waals surface area contributed by atoms with Gasteiger partial charge in [0.15, 0.2) is 0 Å². The predicted molar refractivity (Wildman–Crippen MR) is 47.8 cm³/mol. The van der Waals surface area contributed by atoms with E-state index in [1.54, 1.807) is 0 Å². The van der Waals surface area contributed by atoms with E-state index < -0.39 is 0 Å². The summed E-state index contributed by atoms with van der Waals surface area (Å²) in [5, 5.41) is 0. The van der Waals surface area contributed by atoms with Gasteiger partial charge in [-0.2, -0.15) is 0 Å². The highest BCUT2D eigenvalue weighted by atomic mass is 14.8. The molecule has 1 aliphatic rings. The molecule has 0 aromatic heterocycles. The molecule has 0 saturated heterocycles. The largest absolute Gasteiger partial charge is 0.401 e. The molecule has 0 spiro atoms. The fraction of sp³-hybridized carbons (Fsp3) is 0.556. The van der Waals surface area contributed by atoms with Crippen LogP contribution in [0.15, 0.2) is 23.9 Å². The Kier molecular flexibility index (Phi) is 2.05. The van der Waals surface area contributed by atoms with Crippen molar-refractivity contribution in [2.45, 2.75) is 25.8 Å². The van der Waals surface area contributed by atoms with Gasteiger partial charge in [0.25, 0.3) is 0 Å². The molecule has 2 heteroatoms. The van der Waals surface area contributed by atoms with Crippen LogP contribution in [0.25, 0.3) is 0 Å². The van der Waals surface area contributed by atoms with Crippen molar-refractivity contribution in [3.8, 4) is 0 Å². The summed E-state index contributed by atoms with van der Waals surface area (Å²) >= 11 is 0. The van der Waals surface area contributed by atoms with Crippen LogP contribution in [0, 0.1) is 5.92 Å². The molecule has 0 heterocycles. The molecular weight excluding hydrogens is 136 g/mol. The van der Waals surface area contributed by atoms with Crippen molar-refractivity contribution in [3.05, 3.63) is 23.9 Å². The Morgan fingerprint density at radius 2 is 2.27 bits per heavy atom. The molecular formula is C9H16N2. The van der Waals surface area contributed by atoms with Gasteiger partial charge in [-0.15, -0.1) is 0 Å². The van der Waals surface area contributed by atoms with E-state index in [9.17, 15) is 0 Å². The van der Waals surface area contributed by atoms with Gasteiger partial charge in [0.1, 0.15) is 0 Å². The Morgan fingerprint density at radius 3 is 2.64 bits per heavy atom. The van der Waals surface area contributed by atoms with E-state index in [0.717, 1.165) is 12.1 Å². The minimum Gasteiger partial charge on any atom is -0.401 e. The van der Waals surface area contributed by atoms with Crippen LogP contribution >= 0.6 is 0 Å². The SMILES string of the molecule is CCC1(N)C(N)=CC=CC1C. The summed E-state index contributed by atoms with van der Waals surface area (Å²) in [6.07, 6.45) is 6.85. The lowest BCUT2D eigenvalue weighted by Gasteiger charge is -2.35. The molecule has 0 aromatic rings. The standard InChI is InChI=1S/C9H16N2/c1-3-9(11)7(2)5-4-6-8(9)10/h4-7H,3,10-11H2,1-2H3. The monoisotopic (exact) mass is 152 g/mol. The lowest BCUT2D eigenvalue weighted by Crippen LogP contribution is -2.50. The molecule has 0 saturated carbocycles. The topological polar surface area (TPSA) is 52.0 Å². The van der Waals surface area contributed by atoms with E-state index in [4.69, 9.17) is 11.5 Å². The first kappa shape index (κ1) is 8.34. The van der Waals surface area contributed by atoms with Crippen LogP contribution in [0.2, 0.25) is 0 Å². The van der Waals surface area contributed by atoms with E-state index in [0.29, 0.717) is 5.92 Å². The minimum absolute atomic E-state index is 0.311. The van der Waals surface area contributed by atoms with Crippen LogP contribution in [0.1, 0.15) is 20.3 Å². The maximum absolute atomic E-state index is 6.10. The Hall–Kier alpha value is -0.760. The maximum Gasteiger partial charge on any atom is 0.0614 e. The highest BCUT2D eigenvalue weighted by Crippen LogP contribution is 2.27. The van der Waals surface area contributed by atoms with Crippen molar-refractivity contribution in [1.29, 1.82) is 0 Å². The zero-order chi connectivity index (χ0) is 8.48. The zero-order valence-electron chi connectivity index (χ0n) is 7.17. The van der Waals surface area contributed by atoms with Gasteiger partial charge in [0, 0.05) is 5.70 Å². The lowest BCUT2D eigenvalue weighted by atomic mass is 9.78. The molecule has 0 bridgehead atoms. The summed E-state index contributed by atoms with van der Waals surface area (Å²) in [4.78, 5) is 0. The number of nitrogens with two attached hydrogens (primary N) is 2. The maximum atomic E-state index is 6.10. The first-order valence-electron chi connectivity index (χ1n) is 4.04. The Labute approximate surface area is 68.0 Å². The first-order chi connectivity index (χ1) is 5.11. The molecule has 2 atom stereocenters. The second-order valence-corrected chi connectivity index (χ2v) is 3.19. The number of rotatable bonds is 1. The summed E-state index contributed by atoms with van der Waals surface area (Å²) in [7, 11) is 0. The highest BCUT2D eigenvalue weighted by Gasteiger charge is 2.32. The molecule has 0 fully saturated rings. The fourth-order valence-electron chi connectivity index (χ4n) is 1.44. The first-order valence-corrected chi connectivity index (χ1v) is 4.04. The van der Waals surface area contributed by atoms with Crippen molar-refractivity contribution in [3.63, 3.8) is 0 Å². The third kappa shape index (κ3) is 1.18. The van der Waals surface area contributed by atoms with Crippen LogP contribution in [0.5, 0.6) is 0 Å². The van der Waals surface area contributed by atoms with E-state index >= 15 is 0 Å². The predicted octanol–water partition coefficient (Wildman–Crippen LogP) is 1.14. The molecule has 4 N–H and O–H groups in total. The molecule has 1 aliphatic carbocycles. The quantitative estimate of drug-likeness (QED) is 0.592. The van der Waals surface area contributed by atoms with Gasteiger partial charge < -0.3 is 11.5 Å². The highest BCUT2D eigenvalue weighted by molar-refractivity contribution is 5.29. The smallest absolute Gasteiger partial charge is 0.0614 e. The summed E-state index contributed by atoms with van der Waals surface area (Å²) in [5.74, 6) is 0.345. The van der Waals surface area contributed by atoms with Crippen LogP contribution in [0.4, 0.5) is 0 Å². The van der Waals surface area contributed by atoms with E-state index in [2.05, 4.69) is 19.9 Å². The molecule has 62 valence electrons. The average molecular weight is 152 g/mol. The molecule has 0 radical (unpaired) electrons. The number of allylic oxidation sites excluding steroid dienone is 2. The van der Waals surface area contributed by atoms with Crippen LogP contribution in [-0.2, 0) is 0 Å².